The van der Waals surface area contributed by atoms with Crippen molar-refractivity contribution in [1.29, 1.82) is 0 Å². The number of imidazole rings is 1. The van der Waals surface area contributed by atoms with Crippen molar-refractivity contribution in [3.8, 4) is 5.75 Å². The van der Waals surface area contributed by atoms with E-state index < -0.39 is 6.36 Å². The number of H-pyrrole nitrogens is 1. The molecular weight excluding hydrogens is 643 g/mol. The van der Waals surface area contributed by atoms with Crippen LogP contribution >= 0.6 is 18.6 Å². The maximum atomic E-state index is 12.7. The number of nitrogens with zero attached hydrogens (tertiary/aromatic N) is 3. The fraction of sp³-hybridized carbons (Fsp3) is 0.316. The Morgan fingerprint density at radius 3 is 2.52 bits per heavy atom. The van der Waals surface area contributed by atoms with Crippen LogP contribution < -0.4 is 27.7 Å². The second-order valence-corrected chi connectivity index (χ2v) is 11.4. The number of hydrogen-bond acceptors (Lipinski definition) is 4. The van der Waals surface area contributed by atoms with Gasteiger partial charge in [0.25, 0.3) is 0 Å². The van der Waals surface area contributed by atoms with Crippen LogP contribution in [0.1, 0.15) is 29.2 Å². The molecule has 7 nitrogen and oxygen atoms in total. The number of benzene rings is 1. The number of amides is 1. The van der Waals surface area contributed by atoms with Crippen LogP contribution in [0.2, 0.25) is 0 Å². The molecule has 1 aliphatic rings. The van der Waals surface area contributed by atoms with Crippen molar-refractivity contribution in [2.75, 3.05) is 13.1 Å². The molecule has 3 heterocycles. The van der Waals surface area contributed by atoms with E-state index >= 15 is 0 Å². The number of pyridine rings is 1. The first-order chi connectivity index (χ1) is 14.7. The van der Waals surface area contributed by atoms with E-state index in [0.29, 0.717) is 31.6 Å². The zero-order valence-electron chi connectivity index (χ0n) is 15.8. The Bertz CT molecular complexity index is 1150. The fourth-order valence-corrected chi connectivity index (χ4v) is 5.84. The average molecular weight is 659 g/mol. The van der Waals surface area contributed by atoms with Gasteiger partial charge in [0.05, 0.1) is 0 Å². The van der Waals surface area contributed by atoms with Crippen molar-refractivity contribution < 1.29 is 39.9 Å². The summed E-state index contributed by atoms with van der Waals surface area (Å²) in [6.45, 7) is 0.880. The Morgan fingerprint density at radius 2 is 1.90 bits per heavy atom. The van der Waals surface area contributed by atoms with E-state index in [2.05, 4.69) is 33.3 Å². The average Bonchev–Trinajstić information content (AvgIpc) is 3.07. The summed E-state index contributed by atoms with van der Waals surface area (Å²) in [6, 6.07) is 6.83. The number of ether oxygens (including phenoxy) is 1. The van der Waals surface area contributed by atoms with Crippen LogP contribution in [-0.2, 0) is 0 Å². The molecule has 0 radical (unpaired) electrons. The molecule has 0 unspecified atom stereocenters. The van der Waals surface area contributed by atoms with E-state index in [9.17, 15) is 22.8 Å². The predicted molar refractivity (Wildman–Crippen MR) is 110 cm³/mol. The van der Waals surface area contributed by atoms with Crippen molar-refractivity contribution in [3.05, 3.63) is 56.1 Å². The first-order valence-electron chi connectivity index (χ1n) is 9.26. The van der Waals surface area contributed by atoms with E-state index in [0.717, 1.165) is 21.2 Å². The number of carbonyl (C=O) groups is 1. The molecule has 0 aliphatic carbocycles. The van der Waals surface area contributed by atoms with Gasteiger partial charge in [-0.05, 0) is 0 Å². The molecule has 1 saturated heterocycles. The number of hydrogen-bond donors (Lipinski definition) is 1. The van der Waals surface area contributed by atoms with Gasteiger partial charge in [-0.15, -0.1) is 13.2 Å². The summed E-state index contributed by atoms with van der Waals surface area (Å²) in [4.78, 5) is 34.0. The first-order valence-corrected chi connectivity index (χ1v) is 16.6. The number of nitrogens with one attached hydrogen (secondary N) is 1. The number of alkyl halides is 3. The van der Waals surface area contributed by atoms with Gasteiger partial charge in [-0.3, -0.25) is 0 Å². The molecule has 0 saturated carbocycles. The zero-order chi connectivity index (χ0) is 22.2. The van der Waals surface area contributed by atoms with E-state index in [1.54, 1.807) is 15.7 Å². The monoisotopic (exact) mass is 659 g/mol. The van der Waals surface area contributed by atoms with Crippen molar-refractivity contribution in [1.82, 2.24) is 19.4 Å². The Morgan fingerprint density at radius 1 is 1.23 bits per heavy atom. The summed E-state index contributed by atoms with van der Waals surface area (Å²) in [5.74, 6) is -0.634. The number of piperidine rings is 1. The molecule has 1 N–H and O–H groups in total. The molecule has 1 fully saturated rings. The van der Waals surface area contributed by atoms with Crippen LogP contribution in [0.25, 0.3) is 11.2 Å². The van der Waals surface area contributed by atoms with Crippen LogP contribution in [0.4, 0.5) is 13.2 Å². The SMILES string of the molecule is O=C(c1ccc(OC(F)(F)F)cc1)N1CCC(n2c(=O)[nH]c3ncc([I-]I)cc32)CC1. The number of fused-ring (bicyclic) bond motifs is 1. The van der Waals surface area contributed by atoms with Gasteiger partial charge in [0, 0.05) is 0 Å². The van der Waals surface area contributed by atoms with Gasteiger partial charge in [0.15, 0.2) is 0 Å². The first kappa shape index (κ1) is 22.4. The molecule has 4 rings (SSSR count). The van der Waals surface area contributed by atoms with Gasteiger partial charge in [0.1, 0.15) is 5.75 Å². The molecule has 0 atom stereocenters. The van der Waals surface area contributed by atoms with Crippen LogP contribution in [-0.4, -0.2) is 44.8 Å². The van der Waals surface area contributed by atoms with Crippen molar-refractivity contribution in [2.45, 2.75) is 25.2 Å². The van der Waals surface area contributed by atoms with Crippen molar-refractivity contribution >= 4 is 35.7 Å². The van der Waals surface area contributed by atoms with Crippen molar-refractivity contribution in [2.24, 2.45) is 0 Å². The maximum absolute atomic E-state index is 12.7. The molecule has 0 spiro atoms. The van der Waals surface area contributed by atoms with E-state index in [4.69, 9.17) is 0 Å². The van der Waals surface area contributed by atoms with Gasteiger partial charge >= 0.3 is 172 Å². The summed E-state index contributed by atoms with van der Waals surface area (Å²) in [5.41, 5.74) is 1.42. The van der Waals surface area contributed by atoms with E-state index in [1.165, 1.54) is 12.1 Å². The third-order valence-electron chi connectivity index (χ3n) is 5.07. The Hall–Kier alpha value is -1.84. The molecule has 12 heteroatoms. The Kier molecular flexibility index (Phi) is 6.46. The minimum absolute atomic E-state index is 0.0580. The Balaban J connectivity index is 1.45. The van der Waals surface area contributed by atoms with Gasteiger partial charge in [-0.1, -0.05) is 0 Å². The van der Waals surface area contributed by atoms with Crippen LogP contribution in [0.5, 0.6) is 5.75 Å². The van der Waals surface area contributed by atoms with Gasteiger partial charge in [-0.25, -0.2) is 0 Å². The number of rotatable bonds is 4. The molecular formula is C19H16F3I2N4O3-. The van der Waals surface area contributed by atoms with Gasteiger partial charge < -0.3 is 4.74 Å². The molecule has 3 aromatic rings. The normalized spacial score (nSPS) is 15.5. The predicted octanol–water partition coefficient (Wildman–Crippen LogP) is 0.709. The van der Waals surface area contributed by atoms with Crippen LogP contribution in [0.3, 0.4) is 0 Å². The summed E-state index contributed by atoms with van der Waals surface area (Å²) >= 11 is 2.16. The Labute approximate surface area is 194 Å². The summed E-state index contributed by atoms with van der Waals surface area (Å²) in [6.07, 6.45) is -1.80. The second-order valence-electron chi connectivity index (χ2n) is 6.99. The summed E-state index contributed by atoms with van der Waals surface area (Å²) in [5, 5.41) is 0. The topological polar surface area (TPSA) is 80.2 Å². The summed E-state index contributed by atoms with van der Waals surface area (Å²) < 4.78 is 43.6. The number of likely N-dealkylation sites (tertiary alicyclic amines) is 1. The number of aromatic nitrogens is 3. The number of aromatic amines is 1. The fourth-order valence-electron chi connectivity index (χ4n) is 3.69. The van der Waals surface area contributed by atoms with Crippen LogP contribution in [0, 0.1) is 3.57 Å². The third kappa shape index (κ3) is 4.99. The number of halogens is 5. The molecule has 1 aromatic carbocycles. The zero-order valence-corrected chi connectivity index (χ0v) is 20.1. The molecule has 1 amide bonds. The molecule has 31 heavy (non-hydrogen) atoms. The van der Waals surface area contributed by atoms with Gasteiger partial charge in [0.2, 0.25) is 0 Å². The quantitative estimate of drug-likeness (QED) is 0.419. The van der Waals surface area contributed by atoms with E-state index in [1.807, 2.05) is 6.07 Å². The standard InChI is InChI=1S/C19H16F3I2N4O3/c20-19(21,22)31-14-3-1-11(2-4-14)17(29)27-7-5-13(6-8-27)28-15-9-12(24-23)10-25-16(15)26-18(28)30/h1-4,9-10,13H,5-8H2,(H,25,26,30)/q-1. The third-order valence-corrected chi connectivity index (χ3v) is 9.29. The molecule has 166 valence electrons. The van der Waals surface area contributed by atoms with E-state index in [-0.39, 0.29) is 46.2 Å². The molecule has 1 aliphatic heterocycles. The summed E-state index contributed by atoms with van der Waals surface area (Å²) in [7, 11) is 0. The van der Waals surface area contributed by atoms with Gasteiger partial charge in [-0.2, -0.15) is 0 Å². The van der Waals surface area contributed by atoms with Crippen LogP contribution in [0.15, 0.2) is 41.3 Å². The molecule has 2 aromatic heterocycles. The number of carbonyl (C=O) groups excluding carboxylic acids is 1. The van der Waals surface area contributed by atoms with Crippen molar-refractivity contribution in [3.63, 3.8) is 0 Å². The molecule has 0 bridgehead atoms. The second kappa shape index (κ2) is 8.96. The minimum atomic E-state index is -4.78.